The number of halogens is 1. The summed E-state index contributed by atoms with van der Waals surface area (Å²) in [6.07, 6.45) is 0.764. The second-order valence-electron chi connectivity index (χ2n) is 4.41. The maximum atomic E-state index is 5.89. The maximum absolute atomic E-state index is 5.89. The number of ether oxygens (including phenoxy) is 1. The van der Waals surface area contributed by atoms with Gasteiger partial charge in [-0.2, -0.15) is 0 Å². The van der Waals surface area contributed by atoms with Crippen molar-refractivity contribution >= 4 is 11.6 Å². The number of hydrogen-bond donors (Lipinski definition) is 0. The molecule has 0 N–H and O–H groups in total. The first-order chi connectivity index (χ1) is 9.26. The summed E-state index contributed by atoms with van der Waals surface area (Å²) < 4.78 is 7.17. The molecule has 0 aliphatic heterocycles. The third-order valence-corrected chi connectivity index (χ3v) is 3.39. The summed E-state index contributed by atoms with van der Waals surface area (Å²) in [6, 6.07) is 8.30. The van der Waals surface area contributed by atoms with Crippen molar-refractivity contribution in [3.8, 4) is 0 Å². The van der Waals surface area contributed by atoms with Crippen molar-refractivity contribution in [1.29, 1.82) is 0 Å². The number of nitrogens with zero attached hydrogens (tertiary/aromatic N) is 3. The fourth-order valence-electron chi connectivity index (χ4n) is 2.02. The van der Waals surface area contributed by atoms with Crippen LogP contribution in [0.15, 0.2) is 24.3 Å². The number of aromatic nitrogens is 3. The van der Waals surface area contributed by atoms with Crippen molar-refractivity contribution in [3.63, 3.8) is 0 Å². The van der Waals surface area contributed by atoms with Gasteiger partial charge in [0.05, 0.1) is 12.5 Å². The first-order valence-electron chi connectivity index (χ1n) is 6.26. The van der Waals surface area contributed by atoms with Crippen LogP contribution in [-0.2, 0) is 23.6 Å². The van der Waals surface area contributed by atoms with Crippen LogP contribution < -0.4 is 0 Å². The van der Waals surface area contributed by atoms with Crippen LogP contribution in [0.1, 0.15) is 22.8 Å². The normalized spacial score (nSPS) is 10.9. The van der Waals surface area contributed by atoms with Gasteiger partial charge in [-0.3, -0.25) is 0 Å². The Labute approximate surface area is 118 Å². The molecule has 19 heavy (non-hydrogen) atoms. The Morgan fingerprint density at radius 2 is 1.95 bits per heavy atom. The minimum absolute atomic E-state index is 0.366. The first-order valence-corrected chi connectivity index (χ1v) is 6.80. The summed E-state index contributed by atoms with van der Waals surface area (Å²) in [4.78, 5) is 0. The van der Waals surface area contributed by atoms with Crippen molar-refractivity contribution in [2.45, 2.75) is 25.8 Å². The molecule has 2 rings (SSSR count). The van der Waals surface area contributed by atoms with E-state index in [-0.39, 0.29) is 0 Å². The molecular formula is C14H18ClN3O. The average Bonchev–Trinajstić information content (AvgIpc) is 2.81. The Morgan fingerprint density at radius 1 is 1.21 bits per heavy atom. The van der Waals surface area contributed by atoms with E-state index in [4.69, 9.17) is 16.3 Å². The maximum Gasteiger partial charge on any atom is 0.148 e. The van der Waals surface area contributed by atoms with Gasteiger partial charge in [-0.05, 0) is 18.1 Å². The average molecular weight is 280 g/mol. The third-order valence-electron chi connectivity index (χ3n) is 3.15. The second kappa shape index (κ2) is 6.68. The molecule has 0 aliphatic rings. The van der Waals surface area contributed by atoms with Gasteiger partial charge in [0.1, 0.15) is 11.6 Å². The molecule has 5 heteroatoms. The van der Waals surface area contributed by atoms with E-state index in [0.717, 1.165) is 24.6 Å². The Morgan fingerprint density at radius 3 is 2.63 bits per heavy atom. The Balaban J connectivity index is 2.24. The molecule has 1 aromatic carbocycles. The van der Waals surface area contributed by atoms with Gasteiger partial charge >= 0.3 is 0 Å². The van der Waals surface area contributed by atoms with Crippen molar-refractivity contribution in [2.24, 2.45) is 0 Å². The lowest BCUT2D eigenvalue weighted by Crippen LogP contribution is -2.11. The van der Waals surface area contributed by atoms with Gasteiger partial charge in [-0.25, -0.2) is 0 Å². The van der Waals surface area contributed by atoms with Crippen LogP contribution in [0.25, 0.3) is 0 Å². The summed E-state index contributed by atoms with van der Waals surface area (Å²) in [5, 5.41) is 8.39. The SMILES string of the molecule is COCCn1c(CCl)nnc1Cc1ccccc1C. The summed E-state index contributed by atoms with van der Waals surface area (Å²) >= 11 is 5.89. The van der Waals surface area contributed by atoms with Gasteiger partial charge in [0.2, 0.25) is 0 Å². The van der Waals surface area contributed by atoms with Crippen LogP contribution in [0.2, 0.25) is 0 Å². The summed E-state index contributed by atoms with van der Waals surface area (Å²) in [6.45, 7) is 3.46. The Hall–Kier alpha value is -1.39. The molecule has 0 fully saturated rings. The molecule has 0 saturated carbocycles. The predicted octanol–water partition coefficient (Wildman–Crippen LogP) is 2.56. The van der Waals surface area contributed by atoms with E-state index >= 15 is 0 Å². The molecule has 0 saturated heterocycles. The highest BCUT2D eigenvalue weighted by molar-refractivity contribution is 6.16. The smallest absolute Gasteiger partial charge is 0.148 e. The monoisotopic (exact) mass is 279 g/mol. The Bertz CT molecular complexity index is 539. The van der Waals surface area contributed by atoms with Crippen molar-refractivity contribution in [3.05, 3.63) is 47.0 Å². The van der Waals surface area contributed by atoms with Crippen molar-refractivity contribution in [1.82, 2.24) is 14.8 Å². The minimum Gasteiger partial charge on any atom is -0.383 e. The fourth-order valence-corrected chi connectivity index (χ4v) is 2.22. The quantitative estimate of drug-likeness (QED) is 0.763. The van der Waals surface area contributed by atoms with Crippen LogP contribution in [0.5, 0.6) is 0 Å². The van der Waals surface area contributed by atoms with E-state index in [9.17, 15) is 0 Å². The highest BCUT2D eigenvalue weighted by atomic mass is 35.5. The zero-order valence-corrected chi connectivity index (χ0v) is 12.0. The first kappa shape index (κ1) is 14.0. The molecular weight excluding hydrogens is 262 g/mol. The van der Waals surface area contributed by atoms with Gasteiger partial charge in [0.25, 0.3) is 0 Å². The van der Waals surface area contributed by atoms with Crippen LogP contribution in [0.4, 0.5) is 0 Å². The third kappa shape index (κ3) is 3.33. The lowest BCUT2D eigenvalue weighted by molar-refractivity contribution is 0.185. The van der Waals surface area contributed by atoms with E-state index in [2.05, 4.69) is 29.3 Å². The minimum atomic E-state index is 0.366. The van der Waals surface area contributed by atoms with Gasteiger partial charge in [-0.1, -0.05) is 24.3 Å². The van der Waals surface area contributed by atoms with Gasteiger partial charge < -0.3 is 9.30 Å². The number of rotatable bonds is 6. The highest BCUT2D eigenvalue weighted by Crippen LogP contribution is 2.14. The number of alkyl halides is 1. The van der Waals surface area contributed by atoms with Crippen LogP contribution in [-0.4, -0.2) is 28.5 Å². The Kier molecular flexibility index (Phi) is 4.93. The molecule has 2 aromatic rings. The van der Waals surface area contributed by atoms with E-state index in [1.54, 1.807) is 7.11 Å². The summed E-state index contributed by atoms with van der Waals surface area (Å²) in [5.74, 6) is 2.09. The van der Waals surface area contributed by atoms with Crippen molar-refractivity contribution < 1.29 is 4.74 Å². The molecule has 0 bridgehead atoms. The number of hydrogen-bond acceptors (Lipinski definition) is 3. The van der Waals surface area contributed by atoms with E-state index in [0.29, 0.717) is 12.5 Å². The van der Waals surface area contributed by atoms with E-state index < -0.39 is 0 Å². The molecule has 0 unspecified atom stereocenters. The zero-order valence-electron chi connectivity index (χ0n) is 11.3. The van der Waals surface area contributed by atoms with E-state index in [1.807, 2.05) is 16.7 Å². The predicted molar refractivity (Wildman–Crippen MR) is 75.4 cm³/mol. The number of methoxy groups -OCH3 is 1. The van der Waals surface area contributed by atoms with Gasteiger partial charge in [-0.15, -0.1) is 21.8 Å². The van der Waals surface area contributed by atoms with Crippen LogP contribution in [0, 0.1) is 6.92 Å². The molecule has 4 nitrogen and oxygen atoms in total. The number of benzene rings is 1. The van der Waals surface area contributed by atoms with Crippen LogP contribution >= 0.6 is 11.6 Å². The molecule has 0 radical (unpaired) electrons. The van der Waals surface area contributed by atoms with Gasteiger partial charge in [0, 0.05) is 20.1 Å². The molecule has 0 aliphatic carbocycles. The molecule has 1 heterocycles. The van der Waals surface area contributed by atoms with Crippen LogP contribution in [0.3, 0.4) is 0 Å². The zero-order chi connectivity index (χ0) is 13.7. The molecule has 0 atom stereocenters. The lowest BCUT2D eigenvalue weighted by atomic mass is 10.1. The standard InChI is InChI=1S/C14H18ClN3O/c1-11-5-3-4-6-12(11)9-13-16-17-14(10-15)18(13)7-8-19-2/h3-6H,7-10H2,1-2H3. The van der Waals surface area contributed by atoms with E-state index in [1.165, 1.54) is 11.1 Å². The topological polar surface area (TPSA) is 39.9 Å². The molecule has 0 amide bonds. The van der Waals surface area contributed by atoms with Gasteiger partial charge in [0.15, 0.2) is 0 Å². The summed E-state index contributed by atoms with van der Waals surface area (Å²) in [5.41, 5.74) is 2.52. The summed E-state index contributed by atoms with van der Waals surface area (Å²) in [7, 11) is 1.69. The van der Waals surface area contributed by atoms with Crippen molar-refractivity contribution in [2.75, 3.05) is 13.7 Å². The molecule has 0 spiro atoms. The largest absolute Gasteiger partial charge is 0.383 e. The number of aryl methyl sites for hydroxylation is 1. The highest BCUT2D eigenvalue weighted by Gasteiger charge is 2.12. The second-order valence-corrected chi connectivity index (χ2v) is 4.68. The molecule has 1 aromatic heterocycles. The molecule has 102 valence electrons. The fraction of sp³-hybridized carbons (Fsp3) is 0.429. The lowest BCUT2D eigenvalue weighted by Gasteiger charge is -2.09.